The number of amides is 1. The monoisotopic (exact) mass is 533 g/mol. The lowest BCUT2D eigenvalue weighted by Crippen LogP contribution is -2.54. The molecule has 4 rings (SSSR count). The normalized spacial score (nSPS) is 29.5. The molecule has 2 fully saturated rings. The van der Waals surface area contributed by atoms with E-state index in [0.717, 1.165) is 0 Å². The summed E-state index contributed by atoms with van der Waals surface area (Å²) in [6.07, 6.45) is 4.57. The maximum atomic E-state index is 13.3. The molecule has 0 saturated carbocycles. The van der Waals surface area contributed by atoms with Crippen LogP contribution in [0.15, 0.2) is 24.3 Å². The topological polar surface area (TPSA) is 128 Å². The number of carbonyl (C=O) groups excluding carboxylic acids is 3. The Kier molecular flexibility index (Phi) is 8.12. The number of carbonyl (C=O) groups is 3. The Hall–Kier alpha value is -2.99. The highest BCUT2D eigenvalue weighted by Crippen LogP contribution is 2.59. The number of methoxy groups -OCH3 is 3. The minimum atomic E-state index is -0.820. The molecule has 2 saturated heterocycles. The fourth-order valence-corrected chi connectivity index (χ4v) is 5.71. The van der Waals surface area contributed by atoms with Gasteiger partial charge in [-0.3, -0.25) is 9.59 Å². The van der Waals surface area contributed by atoms with Crippen LogP contribution in [0.25, 0.3) is 0 Å². The molecule has 1 aromatic rings. The highest BCUT2D eigenvalue weighted by molar-refractivity contribution is 6.01. The summed E-state index contributed by atoms with van der Waals surface area (Å²) in [5.74, 6) is -1.61. The van der Waals surface area contributed by atoms with Crippen molar-refractivity contribution in [1.29, 1.82) is 0 Å². The van der Waals surface area contributed by atoms with Gasteiger partial charge in [0.25, 0.3) is 0 Å². The minimum absolute atomic E-state index is 0.0245. The molecule has 2 aliphatic heterocycles. The van der Waals surface area contributed by atoms with E-state index in [0.29, 0.717) is 19.6 Å². The van der Waals surface area contributed by atoms with Crippen molar-refractivity contribution >= 4 is 23.3 Å². The molecule has 1 spiro atoms. The molecule has 38 heavy (non-hydrogen) atoms. The van der Waals surface area contributed by atoms with E-state index in [9.17, 15) is 14.4 Å². The van der Waals surface area contributed by atoms with Gasteiger partial charge in [0.1, 0.15) is 17.0 Å². The number of benzene rings is 1. The van der Waals surface area contributed by atoms with Crippen molar-refractivity contribution in [2.24, 2.45) is 16.7 Å². The zero-order valence-electron chi connectivity index (χ0n) is 22.4. The molecule has 11 heteroatoms. The van der Waals surface area contributed by atoms with Gasteiger partial charge in [-0.25, -0.2) is 4.79 Å². The van der Waals surface area contributed by atoms with Gasteiger partial charge in [0.2, 0.25) is 5.91 Å². The van der Waals surface area contributed by atoms with Gasteiger partial charge in [-0.15, -0.1) is 0 Å². The van der Waals surface area contributed by atoms with Crippen LogP contribution in [0.3, 0.4) is 0 Å². The van der Waals surface area contributed by atoms with E-state index in [1.807, 2.05) is 19.9 Å². The highest BCUT2D eigenvalue weighted by atomic mass is 16.7. The molecule has 0 aromatic heterocycles. The number of ketones is 1. The average molecular weight is 534 g/mol. The number of fused-ring (bicyclic) bond motifs is 1. The Morgan fingerprint density at radius 1 is 1.08 bits per heavy atom. The van der Waals surface area contributed by atoms with Crippen molar-refractivity contribution in [3.8, 4) is 11.5 Å². The Morgan fingerprint density at radius 2 is 1.82 bits per heavy atom. The molecule has 1 aromatic carbocycles. The lowest BCUT2D eigenvalue weighted by Gasteiger charge is -2.50. The van der Waals surface area contributed by atoms with Gasteiger partial charge in [0.05, 0.1) is 20.3 Å². The van der Waals surface area contributed by atoms with Crippen molar-refractivity contribution in [1.82, 2.24) is 0 Å². The quantitative estimate of drug-likeness (QED) is 0.335. The lowest BCUT2D eigenvalue weighted by molar-refractivity contribution is -0.219. The number of allylic oxidation sites excluding steroid dienone is 1. The van der Waals surface area contributed by atoms with Crippen molar-refractivity contribution < 1.29 is 47.5 Å². The predicted molar refractivity (Wildman–Crippen MR) is 134 cm³/mol. The first-order valence-corrected chi connectivity index (χ1v) is 12.4. The Morgan fingerprint density at radius 3 is 2.53 bits per heavy atom. The van der Waals surface area contributed by atoms with Crippen LogP contribution in [-0.4, -0.2) is 71.6 Å². The van der Waals surface area contributed by atoms with Gasteiger partial charge in [-0.2, -0.15) is 0 Å². The number of anilines is 1. The first-order valence-electron chi connectivity index (χ1n) is 12.4. The van der Waals surface area contributed by atoms with Crippen LogP contribution in [0.1, 0.15) is 43.5 Å². The molecule has 0 radical (unpaired) electrons. The largest absolute Gasteiger partial charge is 0.465 e. The zero-order valence-corrected chi connectivity index (χ0v) is 22.4. The predicted octanol–water partition coefficient (Wildman–Crippen LogP) is 3.07. The molecule has 1 aliphatic carbocycles. The first-order chi connectivity index (χ1) is 18.1. The smallest absolute Gasteiger partial charge is 0.341 e. The number of esters is 1. The van der Waals surface area contributed by atoms with Gasteiger partial charge in [0.15, 0.2) is 30.9 Å². The van der Waals surface area contributed by atoms with Crippen LogP contribution < -0.4 is 14.8 Å². The van der Waals surface area contributed by atoms with E-state index in [-0.39, 0.29) is 66.3 Å². The van der Waals surface area contributed by atoms with Crippen molar-refractivity contribution in [3.05, 3.63) is 29.8 Å². The minimum Gasteiger partial charge on any atom is -0.465 e. The summed E-state index contributed by atoms with van der Waals surface area (Å²) in [4.78, 5) is 38.8. The molecule has 11 nitrogen and oxygen atoms in total. The molecule has 4 atom stereocenters. The summed E-state index contributed by atoms with van der Waals surface area (Å²) in [5, 5.41) is 2.80. The molecule has 1 amide bonds. The maximum absolute atomic E-state index is 13.3. The molecule has 1 N–H and O–H groups in total. The van der Waals surface area contributed by atoms with Crippen LogP contribution in [0, 0.1) is 16.7 Å². The third kappa shape index (κ3) is 5.15. The summed E-state index contributed by atoms with van der Waals surface area (Å²) in [5.41, 5.74) is -0.914. The van der Waals surface area contributed by atoms with E-state index in [1.165, 1.54) is 33.5 Å². The standard InChI is InChI=1S/C27H35NO10/c1-25(19-12-37-26(2)13-27(19,14-38-26)11-8-20(25)29)10-9-21(30)28-22-18(35-15-32-3)7-6-17(24(31)34-5)23(22)36-16-33-4/h6-8,11,19H,9-10,12-16H2,1-5H3,(H,28,30)/t19?,25?,26?,27-/m1/s1. The lowest BCUT2D eigenvalue weighted by atomic mass is 9.55. The van der Waals surface area contributed by atoms with E-state index in [2.05, 4.69) is 5.32 Å². The van der Waals surface area contributed by atoms with Crippen LogP contribution in [0.4, 0.5) is 5.69 Å². The summed E-state index contributed by atoms with van der Waals surface area (Å²) in [6, 6.07) is 2.98. The SMILES string of the molecule is COCOc1ccc(C(=O)OC)c(OCOC)c1NC(=O)CCC1(C)C(=O)C=C[C@]23COC(C)(C2)OCC13. The molecule has 3 aliphatic rings. The second-order valence-corrected chi connectivity index (χ2v) is 10.3. The van der Waals surface area contributed by atoms with E-state index in [4.69, 9.17) is 33.2 Å². The molecule has 208 valence electrons. The van der Waals surface area contributed by atoms with Crippen LogP contribution >= 0.6 is 0 Å². The molecular formula is C27H35NO10. The summed E-state index contributed by atoms with van der Waals surface area (Å²) >= 11 is 0. The first kappa shape index (κ1) is 28.0. The molecule has 3 unspecified atom stereocenters. The second kappa shape index (κ2) is 11.0. The number of hydrogen-bond acceptors (Lipinski definition) is 10. The highest BCUT2D eigenvalue weighted by Gasteiger charge is 2.62. The van der Waals surface area contributed by atoms with Gasteiger partial charge in [-0.1, -0.05) is 13.0 Å². The second-order valence-electron chi connectivity index (χ2n) is 10.3. The third-order valence-electron chi connectivity index (χ3n) is 7.76. The fraction of sp³-hybridized carbons (Fsp3) is 0.593. The Bertz CT molecular complexity index is 1120. The fourth-order valence-electron chi connectivity index (χ4n) is 5.71. The average Bonchev–Trinajstić information content (AvgIpc) is 3.16. The number of rotatable bonds is 11. The Balaban J connectivity index is 1.57. The molecule has 2 bridgehead atoms. The van der Waals surface area contributed by atoms with Gasteiger partial charge < -0.3 is 38.5 Å². The Labute approximate surface area is 221 Å². The van der Waals surface area contributed by atoms with E-state index in [1.54, 1.807) is 6.08 Å². The summed E-state index contributed by atoms with van der Waals surface area (Å²) < 4.78 is 38.1. The van der Waals surface area contributed by atoms with Gasteiger partial charge in [0, 0.05) is 43.8 Å². The van der Waals surface area contributed by atoms with Crippen molar-refractivity contribution in [3.63, 3.8) is 0 Å². The maximum Gasteiger partial charge on any atom is 0.341 e. The third-order valence-corrected chi connectivity index (χ3v) is 7.76. The van der Waals surface area contributed by atoms with Crippen LogP contribution in [-0.2, 0) is 33.3 Å². The van der Waals surface area contributed by atoms with Gasteiger partial charge >= 0.3 is 5.97 Å². The number of ether oxygens (including phenoxy) is 7. The van der Waals surface area contributed by atoms with E-state index >= 15 is 0 Å². The summed E-state index contributed by atoms with van der Waals surface area (Å²) in [6.45, 7) is 4.36. The molecular weight excluding hydrogens is 498 g/mol. The van der Waals surface area contributed by atoms with Crippen LogP contribution in [0.2, 0.25) is 0 Å². The van der Waals surface area contributed by atoms with Crippen molar-refractivity contribution in [2.75, 3.05) is 53.4 Å². The van der Waals surface area contributed by atoms with E-state index < -0.39 is 23.1 Å². The van der Waals surface area contributed by atoms with Crippen molar-refractivity contribution in [2.45, 2.75) is 38.9 Å². The van der Waals surface area contributed by atoms with Gasteiger partial charge in [-0.05, 0) is 31.6 Å². The van der Waals surface area contributed by atoms with Crippen LogP contribution in [0.5, 0.6) is 11.5 Å². The summed E-state index contributed by atoms with van der Waals surface area (Å²) in [7, 11) is 4.13. The number of nitrogens with one attached hydrogen (secondary N) is 1. The number of hydrogen-bond donors (Lipinski definition) is 1. The molecule has 2 heterocycles. The zero-order chi connectivity index (χ0) is 27.6.